The number of aromatic nitrogens is 4. The molecule has 7 nitrogen and oxygen atoms in total. The number of nitrogens with one attached hydrogen (secondary N) is 2. The third-order valence-electron chi connectivity index (χ3n) is 3.01. The Labute approximate surface area is 120 Å². The Morgan fingerprint density at radius 3 is 2.86 bits per heavy atom. The molecule has 0 saturated heterocycles. The Bertz CT molecular complexity index is 803. The summed E-state index contributed by atoms with van der Waals surface area (Å²) in [6.07, 6.45) is 0. The Hall–Kier alpha value is -2.70. The molecule has 3 rings (SSSR count). The van der Waals surface area contributed by atoms with E-state index in [2.05, 4.69) is 25.5 Å². The van der Waals surface area contributed by atoms with Gasteiger partial charge in [0.1, 0.15) is 11.3 Å². The highest BCUT2D eigenvalue weighted by atomic mass is 16.3. The van der Waals surface area contributed by atoms with Crippen molar-refractivity contribution in [3.8, 4) is 0 Å². The molecule has 2 N–H and O–H groups in total. The summed E-state index contributed by atoms with van der Waals surface area (Å²) in [6, 6.07) is 5.27. The summed E-state index contributed by atoms with van der Waals surface area (Å²) in [4.78, 5) is 20.5. The Kier molecular flexibility index (Phi) is 3.17. The summed E-state index contributed by atoms with van der Waals surface area (Å²) in [7, 11) is 0. The van der Waals surface area contributed by atoms with Gasteiger partial charge < -0.3 is 9.73 Å². The van der Waals surface area contributed by atoms with Gasteiger partial charge in [0.2, 0.25) is 5.82 Å². The number of hydrogen-bond acceptors (Lipinski definition) is 5. The van der Waals surface area contributed by atoms with E-state index in [1.807, 2.05) is 13.8 Å². The number of anilines is 1. The maximum absolute atomic E-state index is 12.1. The predicted molar refractivity (Wildman–Crippen MR) is 77.2 cm³/mol. The van der Waals surface area contributed by atoms with Crippen molar-refractivity contribution >= 4 is 22.7 Å². The van der Waals surface area contributed by atoms with Gasteiger partial charge in [-0.1, -0.05) is 13.8 Å². The summed E-state index contributed by atoms with van der Waals surface area (Å²) >= 11 is 0. The van der Waals surface area contributed by atoms with E-state index in [4.69, 9.17) is 4.42 Å². The van der Waals surface area contributed by atoms with Crippen molar-refractivity contribution in [3.63, 3.8) is 0 Å². The minimum absolute atomic E-state index is 0.120. The molecule has 2 heterocycles. The summed E-state index contributed by atoms with van der Waals surface area (Å²) in [5.41, 5.74) is 2.00. The number of aryl methyl sites for hydroxylation is 1. The zero-order chi connectivity index (χ0) is 15.0. The van der Waals surface area contributed by atoms with Crippen LogP contribution in [0.4, 0.5) is 5.69 Å². The van der Waals surface area contributed by atoms with Gasteiger partial charge in [0.15, 0.2) is 11.5 Å². The quantitative estimate of drug-likeness (QED) is 0.771. The van der Waals surface area contributed by atoms with Gasteiger partial charge >= 0.3 is 0 Å². The van der Waals surface area contributed by atoms with E-state index in [9.17, 15) is 4.79 Å². The van der Waals surface area contributed by atoms with Crippen LogP contribution in [0.15, 0.2) is 22.6 Å². The lowest BCUT2D eigenvalue weighted by Gasteiger charge is -2.01. The first-order valence-corrected chi connectivity index (χ1v) is 6.64. The first kappa shape index (κ1) is 13.3. The van der Waals surface area contributed by atoms with Gasteiger partial charge in [0.05, 0.1) is 0 Å². The fraction of sp³-hybridized carbons (Fsp3) is 0.286. The number of rotatable bonds is 3. The molecule has 0 atom stereocenters. The third kappa shape index (κ3) is 2.62. The number of amides is 1. The van der Waals surface area contributed by atoms with E-state index in [0.717, 1.165) is 0 Å². The van der Waals surface area contributed by atoms with Crippen molar-refractivity contribution in [2.75, 3.05) is 5.32 Å². The molecule has 0 saturated carbocycles. The van der Waals surface area contributed by atoms with E-state index in [0.29, 0.717) is 28.5 Å². The molecule has 0 radical (unpaired) electrons. The summed E-state index contributed by atoms with van der Waals surface area (Å²) in [6.45, 7) is 5.73. The molecule has 108 valence electrons. The van der Waals surface area contributed by atoms with Crippen LogP contribution in [0.3, 0.4) is 0 Å². The number of carbonyl (C=O) groups is 1. The molecule has 21 heavy (non-hydrogen) atoms. The van der Waals surface area contributed by atoms with Crippen molar-refractivity contribution in [2.45, 2.75) is 26.7 Å². The second kappa shape index (κ2) is 5.01. The van der Waals surface area contributed by atoms with Crippen molar-refractivity contribution in [1.29, 1.82) is 0 Å². The first-order chi connectivity index (χ1) is 10.0. The molecular weight excluding hydrogens is 270 g/mol. The number of fused-ring (bicyclic) bond motifs is 1. The number of H-pyrrole nitrogens is 1. The van der Waals surface area contributed by atoms with Gasteiger partial charge in [-0.05, 0) is 18.2 Å². The first-order valence-electron chi connectivity index (χ1n) is 6.64. The second-order valence-corrected chi connectivity index (χ2v) is 5.07. The van der Waals surface area contributed by atoms with E-state index in [1.54, 1.807) is 25.1 Å². The van der Waals surface area contributed by atoms with E-state index >= 15 is 0 Å². The SMILES string of the molecule is Cc1nc2cc(NC(=O)c3n[nH]c(C(C)C)n3)ccc2o1. The normalized spacial score (nSPS) is 11.2. The van der Waals surface area contributed by atoms with E-state index in [-0.39, 0.29) is 17.6 Å². The predicted octanol–water partition coefficient (Wildman–Crippen LogP) is 2.63. The molecule has 0 aliphatic heterocycles. The zero-order valence-electron chi connectivity index (χ0n) is 12.0. The minimum atomic E-state index is -0.363. The number of nitrogens with zero attached hydrogens (tertiary/aromatic N) is 3. The van der Waals surface area contributed by atoms with Crippen LogP contribution >= 0.6 is 0 Å². The van der Waals surface area contributed by atoms with Crippen molar-refractivity contribution in [2.24, 2.45) is 0 Å². The molecule has 0 fully saturated rings. The Balaban J connectivity index is 1.81. The number of carbonyl (C=O) groups excluding carboxylic acids is 1. The molecule has 7 heteroatoms. The fourth-order valence-electron chi connectivity index (χ4n) is 1.94. The molecule has 0 spiro atoms. The maximum Gasteiger partial charge on any atom is 0.295 e. The molecule has 2 aromatic heterocycles. The lowest BCUT2D eigenvalue weighted by atomic mass is 10.2. The minimum Gasteiger partial charge on any atom is -0.441 e. The number of benzene rings is 1. The number of aromatic amines is 1. The lowest BCUT2D eigenvalue weighted by molar-refractivity contribution is 0.101. The molecule has 0 aliphatic carbocycles. The molecule has 1 aromatic carbocycles. The second-order valence-electron chi connectivity index (χ2n) is 5.07. The zero-order valence-corrected chi connectivity index (χ0v) is 12.0. The van der Waals surface area contributed by atoms with Crippen LogP contribution in [-0.2, 0) is 0 Å². The van der Waals surface area contributed by atoms with Crippen molar-refractivity contribution in [1.82, 2.24) is 20.2 Å². The van der Waals surface area contributed by atoms with Gasteiger partial charge in [0.25, 0.3) is 5.91 Å². The number of oxazole rings is 1. The number of hydrogen-bond donors (Lipinski definition) is 2. The Morgan fingerprint density at radius 1 is 1.33 bits per heavy atom. The smallest absolute Gasteiger partial charge is 0.295 e. The fourth-order valence-corrected chi connectivity index (χ4v) is 1.94. The van der Waals surface area contributed by atoms with Gasteiger partial charge in [-0.2, -0.15) is 0 Å². The maximum atomic E-state index is 12.1. The van der Waals surface area contributed by atoms with Crippen molar-refractivity contribution < 1.29 is 9.21 Å². The highest BCUT2D eigenvalue weighted by Gasteiger charge is 2.14. The lowest BCUT2D eigenvalue weighted by Crippen LogP contribution is -2.13. The monoisotopic (exact) mass is 285 g/mol. The summed E-state index contributed by atoms with van der Waals surface area (Å²) < 4.78 is 5.39. The summed E-state index contributed by atoms with van der Waals surface area (Å²) in [5.74, 6) is 1.22. The largest absolute Gasteiger partial charge is 0.441 e. The molecule has 0 bridgehead atoms. The highest BCUT2D eigenvalue weighted by molar-refractivity contribution is 6.02. The van der Waals surface area contributed by atoms with Crippen LogP contribution in [0, 0.1) is 6.92 Å². The Morgan fingerprint density at radius 2 is 2.14 bits per heavy atom. The topological polar surface area (TPSA) is 96.7 Å². The van der Waals surface area contributed by atoms with Gasteiger partial charge in [-0.15, -0.1) is 5.10 Å². The van der Waals surface area contributed by atoms with E-state index < -0.39 is 0 Å². The van der Waals surface area contributed by atoms with Crippen LogP contribution in [0.1, 0.15) is 42.1 Å². The van der Waals surface area contributed by atoms with Gasteiger partial charge in [0, 0.05) is 18.5 Å². The molecular formula is C14H15N5O2. The highest BCUT2D eigenvalue weighted by Crippen LogP contribution is 2.20. The van der Waals surface area contributed by atoms with Crippen LogP contribution in [0.25, 0.3) is 11.1 Å². The standard InChI is InChI=1S/C14H15N5O2/c1-7(2)12-17-13(19-18-12)14(20)16-9-4-5-11-10(6-9)15-8(3)21-11/h4-7H,1-3H3,(H,16,20)(H,17,18,19). The van der Waals surface area contributed by atoms with Gasteiger partial charge in [-0.3, -0.25) is 9.89 Å². The van der Waals surface area contributed by atoms with Crippen LogP contribution in [0.2, 0.25) is 0 Å². The average molecular weight is 285 g/mol. The molecule has 0 unspecified atom stereocenters. The molecule has 3 aromatic rings. The summed E-state index contributed by atoms with van der Waals surface area (Å²) in [5, 5.41) is 9.42. The van der Waals surface area contributed by atoms with Gasteiger partial charge in [-0.25, -0.2) is 9.97 Å². The van der Waals surface area contributed by atoms with Crippen molar-refractivity contribution in [3.05, 3.63) is 35.7 Å². The third-order valence-corrected chi connectivity index (χ3v) is 3.01. The van der Waals surface area contributed by atoms with Crippen LogP contribution in [0.5, 0.6) is 0 Å². The molecule has 1 amide bonds. The van der Waals surface area contributed by atoms with Crippen LogP contribution in [-0.4, -0.2) is 26.1 Å². The van der Waals surface area contributed by atoms with E-state index in [1.165, 1.54) is 0 Å². The average Bonchev–Trinajstić information content (AvgIpc) is 3.03. The molecule has 0 aliphatic rings. The van der Waals surface area contributed by atoms with Crippen LogP contribution < -0.4 is 5.32 Å².